The quantitative estimate of drug-likeness (QED) is 0.472. The maximum Gasteiger partial charge on any atom is 0.200 e. The lowest BCUT2D eigenvalue weighted by molar-refractivity contribution is 0.102. The monoisotopic (exact) mass is 490 g/mol. The highest BCUT2D eigenvalue weighted by Crippen LogP contribution is 2.37. The summed E-state index contributed by atoms with van der Waals surface area (Å²) in [4.78, 5) is 3.71. The molecule has 1 aromatic heterocycles. The number of rotatable bonds is 9. The van der Waals surface area contributed by atoms with Crippen LogP contribution >= 0.6 is 11.6 Å². The average molecular weight is 491 g/mol. The number of hydrogen-bond donors (Lipinski definition) is 1. The fourth-order valence-electron chi connectivity index (χ4n) is 3.16. The number of oxazole rings is 1. The van der Waals surface area contributed by atoms with Crippen LogP contribution in [0.4, 0.5) is 0 Å². The number of aromatic nitrogens is 1. The number of nitriles is 1. The number of benzene rings is 2. The van der Waals surface area contributed by atoms with Gasteiger partial charge >= 0.3 is 0 Å². The number of sulfone groups is 1. The van der Waals surface area contributed by atoms with Crippen molar-refractivity contribution in [3.8, 4) is 17.6 Å². The van der Waals surface area contributed by atoms with Crippen molar-refractivity contribution in [3.05, 3.63) is 70.3 Å². The summed E-state index contributed by atoms with van der Waals surface area (Å²) < 4.78 is 39.7. The second kappa shape index (κ2) is 9.83. The Hall–Kier alpha value is -3.06. The minimum absolute atomic E-state index is 0.0950. The summed E-state index contributed by atoms with van der Waals surface area (Å²) >= 11 is 6.34. The number of nitrogens with zero attached hydrogens (tertiary/aromatic N) is 2. The topological polar surface area (TPSA) is 123 Å². The third kappa shape index (κ3) is 5.47. The molecule has 0 aliphatic rings. The SMILES string of the molecule is CCCOc1c(Cl)cc(C(C)(O)c2ccc(OCc3ocnc3S(C)(=O)=O)cc2)cc1C#N. The molecule has 0 amide bonds. The van der Waals surface area contributed by atoms with Crippen LogP contribution in [0.2, 0.25) is 5.02 Å². The number of hydrogen-bond acceptors (Lipinski definition) is 8. The van der Waals surface area contributed by atoms with Crippen LogP contribution in [0.25, 0.3) is 0 Å². The molecule has 2 aromatic carbocycles. The average Bonchev–Trinajstić information content (AvgIpc) is 3.26. The van der Waals surface area contributed by atoms with Gasteiger partial charge in [-0.15, -0.1) is 0 Å². The first-order valence-electron chi connectivity index (χ1n) is 10.0. The van der Waals surface area contributed by atoms with Gasteiger partial charge in [-0.05, 0) is 48.7 Å². The zero-order valence-electron chi connectivity index (χ0n) is 18.3. The number of halogens is 1. The molecule has 1 atom stereocenters. The zero-order valence-corrected chi connectivity index (χ0v) is 19.9. The van der Waals surface area contributed by atoms with Crippen molar-refractivity contribution < 1.29 is 27.4 Å². The summed E-state index contributed by atoms with van der Waals surface area (Å²) in [6, 6.07) is 11.8. The van der Waals surface area contributed by atoms with Crippen molar-refractivity contribution in [3.63, 3.8) is 0 Å². The summed E-state index contributed by atoms with van der Waals surface area (Å²) in [5, 5.41) is 20.8. The molecule has 174 valence electrons. The van der Waals surface area contributed by atoms with E-state index in [1.165, 1.54) is 0 Å². The van der Waals surface area contributed by atoms with Crippen LogP contribution in [-0.4, -0.2) is 31.4 Å². The van der Waals surface area contributed by atoms with Crippen molar-refractivity contribution >= 4 is 21.4 Å². The molecule has 0 spiro atoms. The zero-order chi connectivity index (χ0) is 24.2. The van der Waals surface area contributed by atoms with Crippen molar-refractivity contribution in [2.75, 3.05) is 12.9 Å². The van der Waals surface area contributed by atoms with Crippen LogP contribution in [0, 0.1) is 11.3 Å². The van der Waals surface area contributed by atoms with Crippen LogP contribution < -0.4 is 9.47 Å². The van der Waals surface area contributed by atoms with Gasteiger partial charge in [0.05, 0.1) is 17.2 Å². The summed E-state index contributed by atoms with van der Waals surface area (Å²) in [6.45, 7) is 3.83. The first-order chi connectivity index (χ1) is 15.6. The summed E-state index contributed by atoms with van der Waals surface area (Å²) in [6.07, 6.45) is 2.85. The Kier molecular flexibility index (Phi) is 7.32. The van der Waals surface area contributed by atoms with Crippen LogP contribution in [0.3, 0.4) is 0 Å². The predicted molar refractivity (Wildman–Crippen MR) is 121 cm³/mol. The Labute approximate surface area is 197 Å². The first-order valence-corrected chi connectivity index (χ1v) is 12.3. The molecule has 0 aliphatic carbocycles. The lowest BCUT2D eigenvalue weighted by Crippen LogP contribution is -2.23. The van der Waals surface area contributed by atoms with Crippen molar-refractivity contribution in [1.82, 2.24) is 4.98 Å². The van der Waals surface area contributed by atoms with Gasteiger partial charge in [0.15, 0.2) is 32.8 Å². The molecule has 3 rings (SSSR count). The minimum atomic E-state index is -3.53. The van der Waals surface area contributed by atoms with E-state index < -0.39 is 15.4 Å². The standard InChI is InChI=1S/C23H23ClN2O6S/c1-4-9-30-21-15(12-25)10-17(11-19(21)24)23(2,27)16-5-7-18(8-6-16)31-13-20-22(26-14-32-20)33(3,28)29/h5-8,10-11,14,27H,4,9,13H2,1-3H3. The molecule has 0 fully saturated rings. The lowest BCUT2D eigenvalue weighted by atomic mass is 9.87. The van der Waals surface area contributed by atoms with Crippen molar-refractivity contribution in [1.29, 1.82) is 5.26 Å². The van der Waals surface area contributed by atoms with E-state index in [1.807, 2.05) is 6.92 Å². The summed E-state index contributed by atoms with van der Waals surface area (Å²) in [5.74, 6) is 0.826. The molecule has 1 heterocycles. The number of ether oxygens (including phenoxy) is 2. The van der Waals surface area contributed by atoms with E-state index in [0.717, 1.165) is 19.1 Å². The maximum absolute atomic E-state index is 11.7. The van der Waals surface area contributed by atoms with Gasteiger partial charge in [-0.1, -0.05) is 30.7 Å². The van der Waals surface area contributed by atoms with Crippen LogP contribution in [-0.2, 0) is 22.0 Å². The molecule has 0 saturated carbocycles. The van der Waals surface area contributed by atoms with Gasteiger partial charge in [-0.25, -0.2) is 13.4 Å². The van der Waals surface area contributed by atoms with Gasteiger partial charge in [0.1, 0.15) is 24.0 Å². The van der Waals surface area contributed by atoms with Gasteiger partial charge in [0.25, 0.3) is 0 Å². The number of aliphatic hydroxyl groups is 1. The second-order valence-electron chi connectivity index (χ2n) is 7.53. The van der Waals surface area contributed by atoms with Crippen LogP contribution in [0.15, 0.2) is 52.2 Å². The highest BCUT2D eigenvalue weighted by atomic mass is 35.5. The van der Waals surface area contributed by atoms with E-state index in [9.17, 15) is 18.8 Å². The first kappa shape index (κ1) is 24.6. The Morgan fingerprint density at radius 1 is 1.21 bits per heavy atom. The van der Waals surface area contributed by atoms with E-state index in [-0.39, 0.29) is 28.0 Å². The van der Waals surface area contributed by atoms with Gasteiger partial charge in [0.2, 0.25) is 0 Å². The minimum Gasteiger partial charge on any atom is -0.491 e. The molecular weight excluding hydrogens is 468 g/mol. The summed E-state index contributed by atoms with van der Waals surface area (Å²) in [5.41, 5.74) is -0.250. The van der Waals surface area contributed by atoms with Gasteiger partial charge in [-0.3, -0.25) is 0 Å². The van der Waals surface area contributed by atoms with Crippen LogP contribution in [0.1, 0.15) is 42.7 Å². The normalized spacial score (nSPS) is 13.2. The van der Waals surface area contributed by atoms with Gasteiger partial charge < -0.3 is 19.0 Å². The predicted octanol–water partition coefficient (Wildman–Crippen LogP) is 4.23. The summed E-state index contributed by atoms with van der Waals surface area (Å²) in [7, 11) is -3.53. The van der Waals surface area contributed by atoms with E-state index in [4.69, 9.17) is 25.5 Å². The van der Waals surface area contributed by atoms with Gasteiger partial charge in [0, 0.05) is 6.26 Å². The highest BCUT2D eigenvalue weighted by Gasteiger charge is 2.28. The Bertz CT molecular complexity index is 1280. The molecule has 1 N–H and O–H groups in total. The third-order valence-electron chi connectivity index (χ3n) is 4.92. The smallest absolute Gasteiger partial charge is 0.200 e. The highest BCUT2D eigenvalue weighted by molar-refractivity contribution is 7.90. The fourth-order valence-corrected chi connectivity index (χ4v) is 4.19. The van der Waals surface area contributed by atoms with Crippen molar-refractivity contribution in [2.24, 2.45) is 0 Å². The molecule has 0 saturated heterocycles. The molecule has 0 aliphatic heterocycles. The molecule has 0 bridgehead atoms. The van der Waals surface area contributed by atoms with Crippen LogP contribution in [0.5, 0.6) is 11.5 Å². The third-order valence-corrected chi connectivity index (χ3v) is 6.23. The molecular formula is C23H23ClN2O6S. The van der Waals surface area contributed by atoms with Gasteiger partial charge in [-0.2, -0.15) is 5.26 Å². The lowest BCUT2D eigenvalue weighted by Gasteiger charge is -2.26. The Morgan fingerprint density at radius 3 is 2.52 bits per heavy atom. The largest absolute Gasteiger partial charge is 0.491 e. The second-order valence-corrected chi connectivity index (χ2v) is 9.87. The maximum atomic E-state index is 11.7. The Morgan fingerprint density at radius 2 is 1.91 bits per heavy atom. The van der Waals surface area contributed by atoms with E-state index in [1.54, 1.807) is 43.3 Å². The fraction of sp³-hybridized carbons (Fsp3) is 0.304. The molecule has 0 radical (unpaired) electrons. The molecule has 1 unspecified atom stereocenters. The van der Waals surface area contributed by atoms with Crippen molar-refractivity contribution in [2.45, 2.75) is 37.5 Å². The molecule has 3 aromatic rings. The molecule has 33 heavy (non-hydrogen) atoms. The van der Waals surface area contributed by atoms with E-state index in [2.05, 4.69) is 11.1 Å². The van der Waals surface area contributed by atoms with E-state index in [0.29, 0.717) is 29.2 Å². The Balaban J connectivity index is 1.81. The molecule has 10 heteroatoms. The van der Waals surface area contributed by atoms with E-state index >= 15 is 0 Å². The molecule has 8 nitrogen and oxygen atoms in total.